The van der Waals surface area contributed by atoms with Gasteiger partial charge in [0.1, 0.15) is 0 Å². The number of hydrogen-bond acceptors (Lipinski definition) is 2. The van der Waals surface area contributed by atoms with Crippen molar-refractivity contribution < 1.29 is 0 Å². The Morgan fingerprint density at radius 2 is 2.00 bits per heavy atom. The van der Waals surface area contributed by atoms with Gasteiger partial charge in [-0.1, -0.05) is 19.8 Å². The molecule has 0 aliphatic heterocycles. The van der Waals surface area contributed by atoms with E-state index in [1.54, 1.807) is 0 Å². The van der Waals surface area contributed by atoms with Crippen molar-refractivity contribution in [2.24, 2.45) is 11.8 Å². The highest BCUT2D eigenvalue weighted by Gasteiger charge is 2.18. The third kappa shape index (κ3) is 1.66. The third-order valence-electron chi connectivity index (χ3n) is 2.33. The van der Waals surface area contributed by atoms with Crippen LogP contribution in [0, 0.1) is 5.92 Å². The van der Waals surface area contributed by atoms with Gasteiger partial charge in [-0.3, -0.25) is 11.3 Å². The zero-order valence-corrected chi connectivity index (χ0v) is 6.06. The molecule has 1 fully saturated rings. The minimum absolute atomic E-state index is 0.582. The van der Waals surface area contributed by atoms with Crippen LogP contribution in [-0.2, 0) is 0 Å². The quantitative estimate of drug-likeness (QED) is 0.409. The molecule has 0 unspecified atom stereocenters. The largest absolute Gasteiger partial charge is 0.271 e. The number of nitrogens with two attached hydrogens (primary N) is 1. The molecule has 2 heteroatoms. The van der Waals surface area contributed by atoms with Gasteiger partial charge in [0.25, 0.3) is 0 Å². The molecule has 0 radical (unpaired) electrons. The molecule has 0 spiro atoms. The van der Waals surface area contributed by atoms with Crippen LogP contribution in [0.25, 0.3) is 0 Å². The molecule has 2 atom stereocenters. The van der Waals surface area contributed by atoms with E-state index in [9.17, 15) is 0 Å². The van der Waals surface area contributed by atoms with E-state index in [0.29, 0.717) is 6.04 Å². The van der Waals surface area contributed by atoms with Crippen molar-refractivity contribution in [1.29, 1.82) is 0 Å². The van der Waals surface area contributed by atoms with Crippen LogP contribution in [0.2, 0.25) is 0 Å². The molecule has 3 N–H and O–H groups in total. The summed E-state index contributed by atoms with van der Waals surface area (Å²) in [6.07, 6.45) is 5.34. The van der Waals surface area contributed by atoms with E-state index in [1.165, 1.54) is 25.7 Å². The standard InChI is InChI=1S/C7H16N2/c1-6-4-2-3-5-7(6)9-8/h6-7,9H,2-5,8H2,1H3/t6-,7-/m1/s1. The summed E-state index contributed by atoms with van der Waals surface area (Å²) in [5, 5.41) is 0. The lowest BCUT2D eigenvalue weighted by Gasteiger charge is -2.27. The van der Waals surface area contributed by atoms with Crippen molar-refractivity contribution >= 4 is 0 Å². The SMILES string of the molecule is C[C@@H]1CCCC[C@H]1NN. The van der Waals surface area contributed by atoms with Crippen LogP contribution in [-0.4, -0.2) is 6.04 Å². The number of nitrogens with one attached hydrogen (secondary N) is 1. The first-order valence-electron chi connectivity index (χ1n) is 3.80. The van der Waals surface area contributed by atoms with E-state index < -0.39 is 0 Å². The summed E-state index contributed by atoms with van der Waals surface area (Å²) in [5.41, 5.74) is 2.85. The van der Waals surface area contributed by atoms with E-state index >= 15 is 0 Å². The van der Waals surface area contributed by atoms with Gasteiger partial charge in [0.05, 0.1) is 0 Å². The molecule has 0 aromatic carbocycles. The molecule has 1 saturated carbocycles. The highest BCUT2D eigenvalue weighted by Crippen LogP contribution is 2.22. The molecular formula is C7H16N2. The highest BCUT2D eigenvalue weighted by atomic mass is 15.2. The fourth-order valence-corrected chi connectivity index (χ4v) is 1.56. The van der Waals surface area contributed by atoms with E-state index in [4.69, 9.17) is 5.84 Å². The van der Waals surface area contributed by atoms with Gasteiger partial charge in [0.2, 0.25) is 0 Å². The van der Waals surface area contributed by atoms with Crippen LogP contribution in [0.5, 0.6) is 0 Å². The molecule has 0 amide bonds. The van der Waals surface area contributed by atoms with Crippen molar-refractivity contribution in [3.05, 3.63) is 0 Å². The molecule has 1 aliphatic carbocycles. The van der Waals surface area contributed by atoms with E-state index in [-0.39, 0.29) is 0 Å². The van der Waals surface area contributed by atoms with Crippen LogP contribution in [0.3, 0.4) is 0 Å². The maximum Gasteiger partial charge on any atom is 0.0236 e. The fraction of sp³-hybridized carbons (Fsp3) is 1.00. The van der Waals surface area contributed by atoms with Crippen LogP contribution in [0.4, 0.5) is 0 Å². The topological polar surface area (TPSA) is 38.0 Å². The summed E-state index contributed by atoms with van der Waals surface area (Å²) in [6.45, 7) is 2.27. The van der Waals surface area contributed by atoms with Crippen molar-refractivity contribution in [2.45, 2.75) is 38.6 Å². The van der Waals surface area contributed by atoms with Crippen LogP contribution in [0.15, 0.2) is 0 Å². The first-order chi connectivity index (χ1) is 4.34. The van der Waals surface area contributed by atoms with Crippen molar-refractivity contribution in [1.82, 2.24) is 5.43 Å². The van der Waals surface area contributed by atoms with Gasteiger partial charge in [-0.05, 0) is 18.8 Å². The van der Waals surface area contributed by atoms with Gasteiger partial charge >= 0.3 is 0 Å². The maximum absolute atomic E-state index is 5.34. The first-order valence-corrected chi connectivity index (χ1v) is 3.80. The van der Waals surface area contributed by atoms with E-state index in [1.807, 2.05) is 0 Å². The second kappa shape index (κ2) is 3.18. The van der Waals surface area contributed by atoms with Crippen molar-refractivity contribution in [3.63, 3.8) is 0 Å². The predicted molar refractivity (Wildman–Crippen MR) is 38.7 cm³/mol. The smallest absolute Gasteiger partial charge is 0.0236 e. The molecule has 1 rings (SSSR count). The van der Waals surface area contributed by atoms with Crippen LogP contribution in [0.1, 0.15) is 32.6 Å². The van der Waals surface area contributed by atoms with Gasteiger partial charge in [-0.2, -0.15) is 0 Å². The minimum atomic E-state index is 0.582. The zero-order chi connectivity index (χ0) is 6.69. The first kappa shape index (κ1) is 7.03. The molecule has 0 aromatic rings. The Labute approximate surface area is 56.8 Å². The molecule has 0 saturated heterocycles. The Morgan fingerprint density at radius 1 is 1.33 bits per heavy atom. The summed E-state index contributed by atoms with van der Waals surface area (Å²) >= 11 is 0. The Kier molecular flexibility index (Phi) is 2.49. The summed E-state index contributed by atoms with van der Waals surface area (Å²) in [5.74, 6) is 6.12. The number of rotatable bonds is 1. The Balaban J connectivity index is 2.30. The molecule has 2 nitrogen and oxygen atoms in total. The molecule has 0 heterocycles. The van der Waals surface area contributed by atoms with Crippen LogP contribution >= 0.6 is 0 Å². The molecule has 9 heavy (non-hydrogen) atoms. The summed E-state index contributed by atoms with van der Waals surface area (Å²) in [7, 11) is 0. The third-order valence-corrected chi connectivity index (χ3v) is 2.33. The molecular weight excluding hydrogens is 112 g/mol. The molecule has 1 aliphatic rings. The zero-order valence-electron chi connectivity index (χ0n) is 6.06. The van der Waals surface area contributed by atoms with E-state index in [0.717, 1.165) is 5.92 Å². The average Bonchev–Trinajstić information content (AvgIpc) is 1.89. The monoisotopic (exact) mass is 128 g/mol. The highest BCUT2D eigenvalue weighted by molar-refractivity contribution is 4.75. The van der Waals surface area contributed by atoms with Crippen molar-refractivity contribution in [2.75, 3.05) is 0 Å². The lowest BCUT2D eigenvalue weighted by Crippen LogP contribution is -2.41. The average molecular weight is 128 g/mol. The van der Waals surface area contributed by atoms with Crippen molar-refractivity contribution in [3.8, 4) is 0 Å². The number of hydrazine groups is 1. The molecule has 0 bridgehead atoms. The second-order valence-corrected chi connectivity index (χ2v) is 3.03. The molecule has 54 valence electrons. The lowest BCUT2D eigenvalue weighted by molar-refractivity contribution is 0.284. The summed E-state index contributed by atoms with van der Waals surface area (Å²) < 4.78 is 0. The Bertz CT molecular complexity index is 83.0. The lowest BCUT2D eigenvalue weighted by atomic mass is 9.86. The van der Waals surface area contributed by atoms with Crippen LogP contribution < -0.4 is 11.3 Å². The summed E-state index contributed by atoms with van der Waals surface area (Å²) in [4.78, 5) is 0. The Morgan fingerprint density at radius 3 is 2.44 bits per heavy atom. The normalized spacial score (nSPS) is 36.7. The predicted octanol–water partition coefficient (Wildman–Crippen LogP) is 1.03. The maximum atomic E-state index is 5.34. The summed E-state index contributed by atoms with van der Waals surface area (Å²) in [6, 6.07) is 0.582. The fourth-order valence-electron chi connectivity index (χ4n) is 1.56. The van der Waals surface area contributed by atoms with Gasteiger partial charge in [0, 0.05) is 6.04 Å². The number of hydrogen-bond donors (Lipinski definition) is 2. The second-order valence-electron chi connectivity index (χ2n) is 3.03. The van der Waals surface area contributed by atoms with Gasteiger partial charge in [-0.15, -0.1) is 0 Å². The Hall–Kier alpha value is -0.0800. The molecule has 0 aromatic heterocycles. The van der Waals surface area contributed by atoms with Gasteiger partial charge in [0.15, 0.2) is 0 Å². The van der Waals surface area contributed by atoms with Gasteiger partial charge < -0.3 is 0 Å². The van der Waals surface area contributed by atoms with E-state index in [2.05, 4.69) is 12.3 Å². The van der Waals surface area contributed by atoms with Gasteiger partial charge in [-0.25, -0.2) is 0 Å². The minimum Gasteiger partial charge on any atom is -0.271 e.